The minimum Gasteiger partial charge on any atom is -0.482 e. The Morgan fingerprint density at radius 2 is 2.09 bits per heavy atom. The first kappa shape index (κ1) is 15.9. The number of ether oxygens (including phenoxy) is 1. The van der Waals surface area contributed by atoms with E-state index >= 15 is 0 Å². The summed E-state index contributed by atoms with van der Waals surface area (Å²) in [5, 5.41) is 3.79. The van der Waals surface area contributed by atoms with Crippen LogP contribution in [0.25, 0.3) is 0 Å². The maximum atomic E-state index is 13.4. The van der Waals surface area contributed by atoms with Crippen LogP contribution < -0.4 is 4.74 Å². The molecule has 0 atom stereocenters. The Bertz CT molecular complexity index is 799. The molecule has 124 valence electrons. The average molecular weight is 340 g/mol. The Morgan fingerprint density at radius 1 is 1.35 bits per heavy atom. The zero-order valence-corrected chi connectivity index (χ0v) is 13.5. The molecule has 0 unspecified atom stereocenters. The van der Waals surface area contributed by atoms with Crippen molar-refractivity contribution in [3.8, 4) is 5.75 Å². The van der Waals surface area contributed by atoms with Crippen molar-refractivity contribution in [2.45, 2.75) is 25.9 Å². The van der Waals surface area contributed by atoms with E-state index in [4.69, 9.17) is 9.26 Å². The Morgan fingerprint density at radius 3 is 2.74 bits per heavy atom. The summed E-state index contributed by atoms with van der Waals surface area (Å²) in [6.07, 6.45) is 3.34. The summed E-state index contributed by atoms with van der Waals surface area (Å²) in [6.45, 7) is -0.0104. The largest absolute Gasteiger partial charge is 0.482 e. The molecule has 1 aromatic heterocycles. The molecule has 0 amide bonds. The fourth-order valence-corrected chi connectivity index (χ4v) is 4.05. The van der Waals surface area contributed by atoms with Crippen molar-refractivity contribution < 1.29 is 22.1 Å². The van der Waals surface area contributed by atoms with Gasteiger partial charge in [-0.05, 0) is 30.4 Å². The second kappa shape index (κ2) is 5.92. The minimum absolute atomic E-state index is 0.0104. The smallest absolute Gasteiger partial charge is 0.227 e. The van der Waals surface area contributed by atoms with Gasteiger partial charge in [-0.3, -0.25) is 0 Å². The zero-order chi connectivity index (χ0) is 16.5. The molecule has 2 aromatic rings. The third-order valence-electron chi connectivity index (χ3n) is 3.76. The average Bonchev–Trinajstić information content (AvgIpc) is 3.04. The number of nitrogens with zero attached hydrogens (tertiary/aromatic N) is 2. The highest BCUT2D eigenvalue weighted by atomic mass is 32.2. The van der Waals surface area contributed by atoms with Gasteiger partial charge < -0.3 is 9.26 Å². The highest BCUT2D eigenvalue weighted by molar-refractivity contribution is 7.90. The molecule has 1 aromatic carbocycles. The number of aromatic nitrogens is 2. The number of sulfone groups is 1. The second-order valence-corrected chi connectivity index (χ2v) is 8.21. The Labute approximate surface area is 133 Å². The molecule has 1 saturated carbocycles. The first-order chi connectivity index (χ1) is 10.9. The van der Waals surface area contributed by atoms with E-state index in [0.29, 0.717) is 18.1 Å². The maximum Gasteiger partial charge on any atom is 0.227 e. The summed E-state index contributed by atoms with van der Waals surface area (Å²) in [4.78, 5) is 4.19. The van der Waals surface area contributed by atoms with Gasteiger partial charge in [0, 0.05) is 12.7 Å². The van der Waals surface area contributed by atoms with Crippen LogP contribution in [0.1, 0.15) is 24.6 Å². The molecule has 6 nitrogen and oxygen atoms in total. The summed E-state index contributed by atoms with van der Waals surface area (Å²) < 4.78 is 46.8. The van der Waals surface area contributed by atoms with E-state index in [1.54, 1.807) is 12.1 Å². The topological polar surface area (TPSA) is 82.3 Å². The Hall–Kier alpha value is -1.96. The molecule has 0 bridgehead atoms. The van der Waals surface area contributed by atoms with E-state index in [2.05, 4.69) is 10.1 Å². The summed E-state index contributed by atoms with van der Waals surface area (Å²) in [5.74, 6) is 0.483. The molecule has 0 aliphatic heterocycles. The summed E-state index contributed by atoms with van der Waals surface area (Å²) >= 11 is 0. The van der Waals surface area contributed by atoms with E-state index in [0.717, 1.165) is 12.8 Å². The standard InChI is InChI=1S/C15H17FN2O4S/c1-23(19,20)10-15(6-7-15)8-14-17-13(18-22-14)9-21-12-5-3-2-4-11(12)16/h2-5H,6-10H2,1H3. The highest BCUT2D eigenvalue weighted by Gasteiger charge is 2.46. The van der Waals surface area contributed by atoms with Crippen molar-refractivity contribution in [3.05, 3.63) is 41.8 Å². The highest BCUT2D eigenvalue weighted by Crippen LogP contribution is 2.49. The van der Waals surface area contributed by atoms with Crippen LogP contribution in [0.3, 0.4) is 0 Å². The molecule has 3 rings (SSSR count). The van der Waals surface area contributed by atoms with Crippen LogP contribution in [0.2, 0.25) is 0 Å². The van der Waals surface area contributed by atoms with Crippen molar-refractivity contribution in [2.24, 2.45) is 5.41 Å². The van der Waals surface area contributed by atoms with Crippen LogP contribution in [0.15, 0.2) is 28.8 Å². The summed E-state index contributed by atoms with van der Waals surface area (Å²) in [6, 6.07) is 6.06. The van der Waals surface area contributed by atoms with Crippen molar-refractivity contribution >= 4 is 9.84 Å². The normalized spacial score (nSPS) is 16.3. The second-order valence-electron chi connectivity index (χ2n) is 6.07. The molecular weight excluding hydrogens is 323 g/mol. The quantitative estimate of drug-likeness (QED) is 0.768. The van der Waals surface area contributed by atoms with Crippen LogP contribution in [-0.2, 0) is 22.9 Å². The molecule has 1 fully saturated rings. The molecular formula is C15H17FN2O4S. The molecule has 23 heavy (non-hydrogen) atoms. The van der Waals surface area contributed by atoms with Crippen LogP contribution in [0.5, 0.6) is 5.75 Å². The van der Waals surface area contributed by atoms with Gasteiger partial charge >= 0.3 is 0 Å². The molecule has 0 spiro atoms. The summed E-state index contributed by atoms with van der Waals surface area (Å²) in [7, 11) is -3.04. The van der Waals surface area contributed by atoms with Gasteiger partial charge in [0.2, 0.25) is 11.7 Å². The fraction of sp³-hybridized carbons (Fsp3) is 0.467. The number of hydrogen-bond acceptors (Lipinski definition) is 6. The molecule has 8 heteroatoms. The lowest BCUT2D eigenvalue weighted by atomic mass is 10.1. The molecule has 1 aliphatic carbocycles. The molecule has 0 N–H and O–H groups in total. The maximum absolute atomic E-state index is 13.4. The predicted molar refractivity (Wildman–Crippen MR) is 80.1 cm³/mol. The van der Waals surface area contributed by atoms with E-state index in [1.807, 2.05) is 0 Å². The van der Waals surface area contributed by atoms with E-state index in [-0.39, 0.29) is 23.5 Å². The number of benzene rings is 1. The monoisotopic (exact) mass is 340 g/mol. The number of halogens is 1. The Balaban J connectivity index is 1.60. The molecule has 1 heterocycles. The first-order valence-electron chi connectivity index (χ1n) is 7.22. The molecule has 0 saturated heterocycles. The lowest BCUT2D eigenvalue weighted by Crippen LogP contribution is -2.18. The van der Waals surface area contributed by atoms with Crippen LogP contribution in [-0.4, -0.2) is 30.6 Å². The van der Waals surface area contributed by atoms with E-state index in [1.165, 1.54) is 18.4 Å². The van der Waals surface area contributed by atoms with Gasteiger partial charge in [-0.25, -0.2) is 12.8 Å². The van der Waals surface area contributed by atoms with Crippen molar-refractivity contribution in [1.29, 1.82) is 0 Å². The lowest BCUT2D eigenvalue weighted by Gasteiger charge is -2.09. The van der Waals surface area contributed by atoms with Crippen molar-refractivity contribution in [2.75, 3.05) is 12.0 Å². The van der Waals surface area contributed by atoms with Gasteiger partial charge in [0.05, 0.1) is 5.75 Å². The van der Waals surface area contributed by atoms with Gasteiger partial charge in [0.15, 0.2) is 18.2 Å². The van der Waals surface area contributed by atoms with E-state index < -0.39 is 15.7 Å². The number of rotatable bonds is 7. The third kappa shape index (κ3) is 4.28. The van der Waals surface area contributed by atoms with Crippen LogP contribution in [0, 0.1) is 11.2 Å². The van der Waals surface area contributed by atoms with Gasteiger partial charge in [-0.1, -0.05) is 17.3 Å². The number of hydrogen-bond donors (Lipinski definition) is 0. The minimum atomic E-state index is -3.04. The van der Waals surface area contributed by atoms with Gasteiger partial charge in [-0.2, -0.15) is 4.98 Å². The lowest BCUT2D eigenvalue weighted by molar-refractivity contribution is 0.272. The summed E-state index contributed by atoms with van der Waals surface area (Å²) in [5.41, 5.74) is -0.274. The van der Waals surface area contributed by atoms with Crippen molar-refractivity contribution in [3.63, 3.8) is 0 Å². The first-order valence-corrected chi connectivity index (χ1v) is 9.28. The van der Waals surface area contributed by atoms with E-state index in [9.17, 15) is 12.8 Å². The Kier molecular flexibility index (Phi) is 4.09. The predicted octanol–water partition coefficient (Wildman–Crippen LogP) is 2.16. The number of para-hydroxylation sites is 1. The zero-order valence-electron chi connectivity index (χ0n) is 12.7. The fourth-order valence-electron chi connectivity index (χ4n) is 2.55. The SMILES string of the molecule is CS(=O)(=O)CC1(Cc2nc(COc3ccccc3F)no2)CC1. The van der Waals surface area contributed by atoms with Gasteiger partial charge in [-0.15, -0.1) is 0 Å². The van der Waals surface area contributed by atoms with Gasteiger partial charge in [0.25, 0.3) is 0 Å². The van der Waals surface area contributed by atoms with Crippen LogP contribution in [0.4, 0.5) is 4.39 Å². The third-order valence-corrected chi connectivity index (χ3v) is 4.89. The molecule has 1 aliphatic rings. The van der Waals surface area contributed by atoms with Crippen LogP contribution >= 0.6 is 0 Å². The van der Waals surface area contributed by atoms with Crippen molar-refractivity contribution in [1.82, 2.24) is 10.1 Å². The van der Waals surface area contributed by atoms with Gasteiger partial charge in [0.1, 0.15) is 9.84 Å². The molecule has 0 radical (unpaired) electrons.